The van der Waals surface area contributed by atoms with Gasteiger partial charge in [0, 0.05) is 34.8 Å². The van der Waals surface area contributed by atoms with Crippen LogP contribution in [-0.4, -0.2) is 44.2 Å². The van der Waals surface area contributed by atoms with E-state index in [9.17, 15) is 22.8 Å². The Kier molecular flexibility index (Phi) is 6.52. The normalized spacial score (nSPS) is 11.3. The number of hydrogen-bond acceptors (Lipinski definition) is 6. The van der Waals surface area contributed by atoms with Gasteiger partial charge in [-0.15, -0.1) is 0 Å². The molecule has 10 heteroatoms. The lowest BCUT2D eigenvalue weighted by Crippen LogP contribution is -2.31. The third kappa shape index (κ3) is 5.36. The van der Waals surface area contributed by atoms with Gasteiger partial charge >= 0.3 is 5.97 Å². The molecule has 9 nitrogen and oxygen atoms in total. The van der Waals surface area contributed by atoms with E-state index < -0.39 is 29.1 Å². The van der Waals surface area contributed by atoms with Crippen LogP contribution in [0.25, 0.3) is 10.9 Å². The summed E-state index contributed by atoms with van der Waals surface area (Å²) in [4.78, 5) is 38.5. The average molecular weight is 443 g/mol. The SMILES string of the molecule is CC(=O)Nc1ccc(S(=O)(=O)NCC(=O)OCC(=O)c2c(C)[nH]c3ccccc23)cc1. The number of benzene rings is 2. The first-order valence-electron chi connectivity index (χ1n) is 9.31. The largest absolute Gasteiger partial charge is 0.456 e. The maximum atomic E-state index is 12.5. The molecule has 0 spiro atoms. The molecule has 0 aliphatic rings. The number of ether oxygens (including phenoxy) is 1. The number of sulfonamides is 1. The van der Waals surface area contributed by atoms with E-state index in [0.29, 0.717) is 16.9 Å². The number of para-hydroxylation sites is 1. The second-order valence-electron chi connectivity index (χ2n) is 6.78. The Morgan fingerprint density at radius 2 is 1.71 bits per heavy atom. The lowest BCUT2D eigenvalue weighted by Gasteiger charge is -2.08. The van der Waals surface area contributed by atoms with Crippen LogP contribution in [0.2, 0.25) is 0 Å². The van der Waals surface area contributed by atoms with E-state index in [0.717, 1.165) is 10.9 Å². The molecule has 1 aromatic heterocycles. The highest BCUT2D eigenvalue weighted by atomic mass is 32.2. The van der Waals surface area contributed by atoms with Crippen LogP contribution in [0.1, 0.15) is 23.0 Å². The number of carbonyl (C=O) groups excluding carboxylic acids is 3. The molecule has 0 bridgehead atoms. The number of aromatic amines is 1. The second kappa shape index (κ2) is 9.11. The topological polar surface area (TPSA) is 134 Å². The molecule has 3 rings (SSSR count). The van der Waals surface area contributed by atoms with Gasteiger partial charge in [-0.1, -0.05) is 18.2 Å². The summed E-state index contributed by atoms with van der Waals surface area (Å²) in [7, 11) is -3.97. The number of carbonyl (C=O) groups is 3. The zero-order valence-electron chi connectivity index (χ0n) is 16.9. The fourth-order valence-electron chi connectivity index (χ4n) is 3.06. The summed E-state index contributed by atoms with van der Waals surface area (Å²) in [6.45, 7) is 1.95. The smallest absolute Gasteiger partial charge is 0.321 e. The second-order valence-corrected chi connectivity index (χ2v) is 8.55. The van der Waals surface area contributed by atoms with Crippen molar-refractivity contribution in [2.45, 2.75) is 18.7 Å². The minimum Gasteiger partial charge on any atom is -0.456 e. The van der Waals surface area contributed by atoms with Gasteiger partial charge in [-0.3, -0.25) is 14.4 Å². The van der Waals surface area contributed by atoms with Crippen LogP contribution in [0, 0.1) is 6.92 Å². The zero-order valence-corrected chi connectivity index (χ0v) is 17.7. The number of nitrogens with one attached hydrogen (secondary N) is 3. The van der Waals surface area contributed by atoms with Gasteiger partial charge in [-0.05, 0) is 37.3 Å². The lowest BCUT2D eigenvalue weighted by molar-refractivity contribution is -0.141. The molecular weight excluding hydrogens is 422 g/mol. The molecule has 1 amide bonds. The van der Waals surface area contributed by atoms with Crippen LogP contribution >= 0.6 is 0 Å². The molecular formula is C21H21N3O6S. The van der Waals surface area contributed by atoms with E-state index in [-0.39, 0.29) is 16.6 Å². The van der Waals surface area contributed by atoms with Crippen molar-refractivity contribution in [1.29, 1.82) is 0 Å². The Hall–Kier alpha value is -3.50. The molecule has 0 unspecified atom stereocenters. The maximum absolute atomic E-state index is 12.5. The highest BCUT2D eigenvalue weighted by Gasteiger charge is 2.19. The van der Waals surface area contributed by atoms with E-state index in [2.05, 4.69) is 15.0 Å². The summed E-state index contributed by atoms with van der Waals surface area (Å²) >= 11 is 0. The number of anilines is 1. The molecule has 3 N–H and O–H groups in total. The Morgan fingerprint density at radius 1 is 1.03 bits per heavy atom. The van der Waals surface area contributed by atoms with Crippen LogP contribution < -0.4 is 10.0 Å². The molecule has 0 aliphatic heterocycles. The molecule has 0 aliphatic carbocycles. The van der Waals surface area contributed by atoms with Gasteiger partial charge in [-0.25, -0.2) is 8.42 Å². The van der Waals surface area contributed by atoms with Crippen LogP contribution in [-0.2, 0) is 24.3 Å². The average Bonchev–Trinajstić information content (AvgIpc) is 3.06. The minimum absolute atomic E-state index is 0.0834. The van der Waals surface area contributed by atoms with Crippen molar-refractivity contribution in [3.05, 3.63) is 59.8 Å². The summed E-state index contributed by atoms with van der Waals surface area (Å²) < 4.78 is 31.7. The molecule has 3 aromatic rings. The molecule has 0 fully saturated rings. The van der Waals surface area contributed by atoms with Gasteiger partial charge in [0.1, 0.15) is 6.54 Å². The summed E-state index contributed by atoms with van der Waals surface area (Å²) in [5, 5.41) is 3.25. The minimum atomic E-state index is -3.97. The quantitative estimate of drug-likeness (QED) is 0.361. The van der Waals surface area contributed by atoms with Gasteiger partial charge in [0.25, 0.3) is 0 Å². The maximum Gasteiger partial charge on any atom is 0.321 e. The molecule has 0 atom stereocenters. The van der Waals surface area contributed by atoms with Crippen LogP contribution in [0.3, 0.4) is 0 Å². The van der Waals surface area contributed by atoms with Crippen molar-refractivity contribution in [3.63, 3.8) is 0 Å². The van der Waals surface area contributed by atoms with Gasteiger partial charge in [0.05, 0.1) is 4.90 Å². The number of amides is 1. The summed E-state index contributed by atoms with van der Waals surface area (Å²) in [5.74, 6) is -1.56. The summed E-state index contributed by atoms with van der Waals surface area (Å²) in [6.07, 6.45) is 0. The fourth-order valence-corrected chi connectivity index (χ4v) is 4.03. The Labute approximate surface area is 178 Å². The third-order valence-corrected chi connectivity index (χ3v) is 5.85. The van der Waals surface area contributed by atoms with Crippen molar-refractivity contribution < 1.29 is 27.5 Å². The van der Waals surface area contributed by atoms with E-state index in [1.54, 1.807) is 19.1 Å². The van der Waals surface area contributed by atoms with Crippen molar-refractivity contribution in [3.8, 4) is 0 Å². The van der Waals surface area contributed by atoms with E-state index >= 15 is 0 Å². The van der Waals surface area contributed by atoms with Crippen molar-refractivity contribution >= 4 is 44.3 Å². The number of aryl methyl sites for hydroxylation is 1. The van der Waals surface area contributed by atoms with E-state index in [4.69, 9.17) is 4.74 Å². The molecule has 162 valence electrons. The standard InChI is InChI=1S/C21H21N3O6S/c1-13-21(17-5-3-4-6-18(17)23-13)19(26)12-30-20(27)11-22-31(28,29)16-9-7-15(8-10-16)24-14(2)25/h3-10,22-23H,11-12H2,1-2H3,(H,24,25). The lowest BCUT2D eigenvalue weighted by atomic mass is 10.1. The van der Waals surface area contributed by atoms with Gasteiger partial charge in [0.2, 0.25) is 21.7 Å². The zero-order chi connectivity index (χ0) is 22.6. The van der Waals surface area contributed by atoms with E-state index in [1.807, 2.05) is 12.1 Å². The number of ketones is 1. The molecule has 2 aromatic carbocycles. The number of Topliss-reactive ketones (excluding diaryl/α,β-unsaturated/α-hetero) is 1. The van der Waals surface area contributed by atoms with Crippen molar-refractivity contribution in [2.24, 2.45) is 0 Å². The fraction of sp³-hybridized carbons (Fsp3) is 0.190. The van der Waals surface area contributed by atoms with Gasteiger partial charge in [-0.2, -0.15) is 4.72 Å². The highest BCUT2D eigenvalue weighted by Crippen LogP contribution is 2.22. The first kappa shape index (κ1) is 22.2. The summed E-state index contributed by atoms with van der Waals surface area (Å²) in [6, 6.07) is 12.7. The number of rotatable bonds is 8. The molecule has 0 saturated heterocycles. The van der Waals surface area contributed by atoms with Crippen molar-refractivity contribution in [1.82, 2.24) is 9.71 Å². The predicted octanol–water partition coefficient (Wildman–Crippen LogP) is 2.14. The number of aromatic nitrogens is 1. The monoisotopic (exact) mass is 443 g/mol. The van der Waals surface area contributed by atoms with Gasteiger partial charge < -0.3 is 15.0 Å². The molecule has 0 radical (unpaired) electrons. The molecule has 0 saturated carbocycles. The predicted molar refractivity (Wildman–Crippen MR) is 114 cm³/mol. The molecule has 31 heavy (non-hydrogen) atoms. The third-order valence-electron chi connectivity index (χ3n) is 4.43. The number of fused-ring (bicyclic) bond motifs is 1. The Bertz CT molecular complexity index is 1250. The number of H-pyrrole nitrogens is 1. The first-order chi connectivity index (χ1) is 14.7. The van der Waals surface area contributed by atoms with E-state index in [1.165, 1.54) is 31.2 Å². The number of hydrogen-bond donors (Lipinski definition) is 3. The summed E-state index contributed by atoms with van der Waals surface area (Å²) in [5.41, 5.74) is 2.33. The Morgan fingerprint density at radius 3 is 2.39 bits per heavy atom. The first-order valence-corrected chi connectivity index (χ1v) is 10.8. The van der Waals surface area contributed by atoms with Crippen LogP contribution in [0.4, 0.5) is 5.69 Å². The Balaban J connectivity index is 1.56. The van der Waals surface area contributed by atoms with Gasteiger partial charge in [0.15, 0.2) is 6.61 Å². The molecule has 1 heterocycles. The number of esters is 1. The van der Waals surface area contributed by atoms with Crippen LogP contribution in [0.5, 0.6) is 0 Å². The van der Waals surface area contributed by atoms with Crippen LogP contribution in [0.15, 0.2) is 53.4 Å². The highest BCUT2D eigenvalue weighted by molar-refractivity contribution is 7.89. The van der Waals surface area contributed by atoms with Crippen molar-refractivity contribution in [2.75, 3.05) is 18.5 Å².